The van der Waals surface area contributed by atoms with Crippen LogP contribution in [0.2, 0.25) is 0 Å². The van der Waals surface area contributed by atoms with Crippen LogP contribution in [0.25, 0.3) is 0 Å². The average molecular weight is 328 g/mol. The normalized spacial score (nSPS) is 31.4. The summed E-state index contributed by atoms with van der Waals surface area (Å²) in [5, 5.41) is 13.8. The first-order chi connectivity index (χ1) is 9.15. The van der Waals surface area contributed by atoms with Crippen molar-refractivity contribution in [2.24, 2.45) is 11.8 Å². The van der Waals surface area contributed by atoms with Crippen molar-refractivity contribution in [3.05, 3.63) is 34.1 Å². The Morgan fingerprint density at radius 2 is 2.26 bits per heavy atom. The van der Waals surface area contributed by atoms with Crippen LogP contribution in [-0.2, 0) is 0 Å². The van der Waals surface area contributed by atoms with Crippen LogP contribution in [0.4, 0.5) is 4.39 Å². The predicted octanol–water partition coefficient (Wildman–Crippen LogP) is 3.40. The van der Waals surface area contributed by atoms with E-state index in [1.807, 2.05) is 0 Å². The summed E-state index contributed by atoms with van der Waals surface area (Å²) < 4.78 is 14.6. The van der Waals surface area contributed by atoms with Gasteiger partial charge < -0.3 is 10.4 Å². The fraction of sp³-hybridized carbons (Fsp3) is 0.600. The fourth-order valence-electron chi connectivity index (χ4n) is 3.70. The van der Waals surface area contributed by atoms with Crippen LogP contribution in [0, 0.1) is 17.7 Å². The van der Waals surface area contributed by atoms with E-state index in [1.54, 1.807) is 12.1 Å². The van der Waals surface area contributed by atoms with Crippen LogP contribution in [0.1, 0.15) is 37.4 Å². The predicted molar refractivity (Wildman–Crippen MR) is 76.3 cm³/mol. The van der Waals surface area contributed by atoms with Gasteiger partial charge >= 0.3 is 0 Å². The molecule has 1 saturated carbocycles. The smallest absolute Gasteiger partial charge is 0.129 e. The van der Waals surface area contributed by atoms with Crippen molar-refractivity contribution < 1.29 is 9.50 Å². The van der Waals surface area contributed by atoms with Gasteiger partial charge in [0, 0.05) is 16.1 Å². The van der Waals surface area contributed by atoms with Crippen LogP contribution in [0.5, 0.6) is 0 Å². The minimum Gasteiger partial charge on any atom is -0.388 e. The highest BCUT2D eigenvalue weighted by atomic mass is 79.9. The lowest BCUT2D eigenvalue weighted by molar-refractivity contribution is 0.141. The SMILES string of the molecule is OC(CC1NCC2CCCC21)c1cc(Br)ccc1F. The van der Waals surface area contributed by atoms with E-state index in [0.29, 0.717) is 23.9 Å². The number of aliphatic hydroxyl groups excluding tert-OH is 1. The molecular formula is C15H19BrFNO. The summed E-state index contributed by atoms with van der Waals surface area (Å²) in [4.78, 5) is 0. The molecular weight excluding hydrogens is 309 g/mol. The Morgan fingerprint density at radius 1 is 1.42 bits per heavy atom. The number of halogens is 2. The number of fused-ring (bicyclic) bond motifs is 1. The van der Waals surface area contributed by atoms with Gasteiger partial charge in [-0.25, -0.2) is 4.39 Å². The highest BCUT2D eigenvalue weighted by Crippen LogP contribution is 2.40. The van der Waals surface area contributed by atoms with E-state index < -0.39 is 6.10 Å². The lowest BCUT2D eigenvalue weighted by Crippen LogP contribution is -2.29. The molecule has 1 aromatic carbocycles. The largest absolute Gasteiger partial charge is 0.388 e. The van der Waals surface area contributed by atoms with E-state index >= 15 is 0 Å². The van der Waals surface area contributed by atoms with E-state index in [0.717, 1.165) is 16.9 Å². The number of nitrogens with one attached hydrogen (secondary N) is 1. The van der Waals surface area contributed by atoms with Crippen molar-refractivity contribution >= 4 is 15.9 Å². The monoisotopic (exact) mass is 327 g/mol. The maximum absolute atomic E-state index is 13.8. The summed E-state index contributed by atoms with van der Waals surface area (Å²) >= 11 is 3.33. The fourth-order valence-corrected chi connectivity index (χ4v) is 4.08. The Morgan fingerprint density at radius 3 is 3.11 bits per heavy atom. The van der Waals surface area contributed by atoms with Gasteiger partial charge in [-0.2, -0.15) is 0 Å². The topological polar surface area (TPSA) is 32.3 Å². The van der Waals surface area contributed by atoms with Crippen LogP contribution in [0.15, 0.2) is 22.7 Å². The van der Waals surface area contributed by atoms with Gasteiger partial charge in [-0.3, -0.25) is 0 Å². The lowest BCUT2D eigenvalue weighted by atomic mass is 9.89. The molecule has 2 fully saturated rings. The first kappa shape index (κ1) is 13.5. The number of aliphatic hydroxyl groups is 1. The Hall–Kier alpha value is -0.450. The third-order valence-electron chi connectivity index (χ3n) is 4.67. The van der Waals surface area contributed by atoms with E-state index in [-0.39, 0.29) is 5.82 Å². The molecule has 104 valence electrons. The minimum atomic E-state index is -0.727. The number of rotatable bonds is 3. The zero-order chi connectivity index (χ0) is 13.4. The molecule has 1 aliphatic heterocycles. The Labute approximate surface area is 121 Å². The lowest BCUT2D eigenvalue weighted by Gasteiger charge is -2.22. The highest BCUT2D eigenvalue weighted by molar-refractivity contribution is 9.10. The van der Waals surface area contributed by atoms with E-state index in [9.17, 15) is 9.50 Å². The molecule has 0 bridgehead atoms. The Kier molecular flexibility index (Phi) is 3.92. The first-order valence-electron chi connectivity index (χ1n) is 7.01. The molecule has 19 heavy (non-hydrogen) atoms. The quantitative estimate of drug-likeness (QED) is 0.891. The molecule has 0 aromatic heterocycles. The molecule has 4 unspecified atom stereocenters. The summed E-state index contributed by atoms with van der Waals surface area (Å²) in [6.45, 7) is 1.06. The van der Waals surface area contributed by atoms with Crippen LogP contribution < -0.4 is 5.32 Å². The summed E-state index contributed by atoms with van der Waals surface area (Å²) in [6.07, 6.45) is 3.73. The van der Waals surface area contributed by atoms with Crippen molar-refractivity contribution in [2.45, 2.75) is 37.8 Å². The molecule has 4 atom stereocenters. The maximum atomic E-state index is 13.8. The third-order valence-corrected chi connectivity index (χ3v) is 5.16. The summed E-state index contributed by atoms with van der Waals surface area (Å²) in [7, 11) is 0. The minimum absolute atomic E-state index is 0.323. The van der Waals surface area contributed by atoms with Gasteiger partial charge in [-0.15, -0.1) is 0 Å². The first-order valence-corrected chi connectivity index (χ1v) is 7.81. The molecule has 4 heteroatoms. The molecule has 2 aliphatic rings. The Balaban J connectivity index is 1.71. The number of hydrogen-bond donors (Lipinski definition) is 2. The molecule has 3 rings (SSSR count). The van der Waals surface area contributed by atoms with Crippen molar-refractivity contribution in [3.8, 4) is 0 Å². The van der Waals surface area contributed by atoms with Gasteiger partial charge in [0.15, 0.2) is 0 Å². The second-order valence-electron chi connectivity index (χ2n) is 5.79. The molecule has 0 spiro atoms. The molecule has 1 aromatic rings. The van der Waals surface area contributed by atoms with E-state index in [2.05, 4.69) is 21.2 Å². The van der Waals surface area contributed by atoms with E-state index in [4.69, 9.17) is 0 Å². The number of hydrogen-bond acceptors (Lipinski definition) is 2. The van der Waals surface area contributed by atoms with Crippen molar-refractivity contribution in [1.82, 2.24) is 5.32 Å². The van der Waals surface area contributed by atoms with Crippen molar-refractivity contribution in [3.63, 3.8) is 0 Å². The molecule has 0 radical (unpaired) electrons. The van der Waals surface area contributed by atoms with Crippen LogP contribution >= 0.6 is 15.9 Å². The van der Waals surface area contributed by atoms with Gasteiger partial charge in [-0.1, -0.05) is 22.4 Å². The van der Waals surface area contributed by atoms with Crippen molar-refractivity contribution in [2.75, 3.05) is 6.54 Å². The second-order valence-corrected chi connectivity index (χ2v) is 6.70. The van der Waals surface area contributed by atoms with E-state index in [1.165, 1.54) is 25.3 Å². The summed E-state index contributed by atoms with van der Waals surface area (Å²) in [6, 6.07) is 5.08. The zero-order valence-corrected chi connectivity index (χ0v) is 12.4. The summed E-state index contributed by atoms with van der Waals surface area (Å²) in [5.41, 5.74) is 0.401. The molecule has 0 amide bonds. The molecule has 2 nitrogen and oxygen atoms in total. The molecule has 1 heterocycles. The second kappa shape index (κ2) is 5.51. The van der Waals surface area contributed by atoms with Crippen LogP contribution in [-0.4, -0.2) is 17.7 Å². The van der Waals surface area contributed by atoms with Gasteiger partial charge in [-0.05, 0) is 55.8 Å². The van der Waals surface area contributed by atoms with Crippen LogP contribution in [0.3, 0.4) is 0 Å². The van der Waals surface area contributed by atoms with Gasteiger partial charge in [0.1, 0.15) is 5.82 Å². The summed E-state index contributed by atoms with van der Waals surface area (Å²) in [5.74, 6) is 1.12. The maximum Gasteiger partial charge on any atom is 0.129 e. The highest BCUT2D eigenvalue weighted by Gasteiger charge is 2.39. The molecule has 2 N–H and O–H groups in total. The molecule has 1 aliphatic carbocycles. The van der Waals surface area contributed by atoms with Gasteiger partial charge in [0.05, 0.1) is 6.10 Å². The van der Waals surface area contributed by atoms with Gasteiger partial charge in [0.25, 0.3) is 0 Å². The zero-order valence-electron chi connectivity index (χ0n) is 10.8. The Bertz CT molecular complexity index is 467. The van der Waals surface area contributed by atoms with Crippen molar-refractivity contribution in [1.29, 1.82) is 0 Å². The standard InChI is InChI=1S/C15H19BrFNO/c16-10-4-5-13(17)12(6-10)15(19)7-14-11-3-1-2-9(11)8-18-14/h4-6,9,11,14-15,18-19H,1-3,7-8H2. The molecule has 1 saturated heterocycles. The number of benzene rings is 1. The van der Waals surface area contributed by atoms with Gasteiger partial charge in [0.2, 0.25) is 0 Å². The third kappa shape index (κ3) is 2.71. The average Bonchev–Trinajstić information content (AvgIpc) is 2.97.